The molecule has 0 unspecified atom stereocenters. The molecule has 1 heterocycles. The molecule has 0 atom stereocenters. The number of nitrogens with one attached hydrogen (secondary N) is 1. The fourth-order valence-corrected chi connectivity index (χ4v) is 1.51. The number of ether oxygens (including phenoxy) is 1. The number of rotatable bonds is 5. The van der Waals surface area contributed by atoms with Crippen LogP contribution in [0.15, 0.2) is 6.33 Å². The SMILES string of the molecule is COc1ncnc(NCCS(C)(=O)=O)c1N. The van der Waals surface area contributed by atoms with Crippen molar-refractivity contribution in [2.24, 2.45) is 0 Å². The van der Waals surface area contributed by atoms with Gasteiger partial charge in [-0.2, -0.15) is 4.98 Å². The highest BCUT2D eigenvalue weighted by atomic mass is 32.2. The van der Waals surface area contributed by atoms with E-state index < -0.39 is 9.84 Å². The highest BCUT2D eigenvalue weighted by Gasteiger charge is 2.08. The number of methoxy groups -OCH3 is 1. The first-order valence-electron chi connectivity index (χ1n) is 4.50. The highest BCUT2D eigenvalue weighted by molar-refractivity contribution is 7.90. The molecule has 0 saturated carbocycles. The Bertz CT molecular complexity index is 460. The predicted molar refractivity (Wildman–Crippen MR) is 61.2 cm³/mol. The summed E-state index contributed by atoms with van der Waals surface area (Å²) in [6.07, 6.45) is 2.45. The molecule has 8 heteroatoms. The summed E-state index contributed by atoms with van der Waals surface area (Å²) in [7, 11) is -1.56. The number of nitrogen functional groups attached to an aromatic ring is 1. The molecule has 0 saturated heterocycles. The molecule has 1 aromatic heterocycles. The van der Waals surface area contributed by atoms with E-state index in [2.05, 4.69) is 15.3 Å². The van der Waals surface area contributed by atoms with Crippen molar-refractivity contribution >= 4 is 21.3 Å². The highest BCUT2D eigenvalue weighted by Crippen LogP contribution is 2.23. The van der Waals surface area contributed by atoms with Crippen LogP contribution in [0.2, 0.25) is 0 Å². The van der Waals surface area contributed by atoms with Gasteiger partial charge in [-0.15, -0.1) is 0 Å². The molecule has 16 heavy (non-hydrogen) atoms. The quantitative estimate of drug-likeness (QED) is 0.722. The first kappa shape index (κ1) is 12.5. The Kier molecular flexibility index (Phi) is 3.88. The summed E-state index contributed by atoms with van der Waals surface area (Å²) < 4.78 is 26.7. The molecule has 7 nitrogen and oxygen atoms in total. The lowest BCUT2D eigenvalue weighted by Gasteiger charge is -2.09. The van der Waals surface area contributed by atoms with Crippen LogP contribution in [0, 0.1) is 0 Å². The van der Waals surface area contributed by atoms with Gasteiger partial charge in [-0.3, -0.25) is 0 Å². The Labute approximate surface area is 94.0 Å². The summed E-state index contributed by atoms with van der Waals surface area (Å²) in [6, 6.07) is 0. The number of nitrogens with zero attached hydrogens (tertiary/aromatic N) is 2. The average Bonchev–Trinajstić information content (AvgIpc) is 2.19. The molecular formula is C8H14N4O3S. The van der Waals surface area contributed by atoms with Crippen LogP contribution in [0.4, 0.5) is 11.5 Å². The maximum Gasteiger partial charge on any atom is 0.242 e. The monoisotopic (exact) mass is 246 g/mol. The van der Waals surface area contributed by atoms with Crippen LogP contribution >= 0.6 is 0 Å². The van der Waals surface area contributed by atoms with Crippen molar-refractivity contribution in [3.05, 3.63) is 6.33 Å². The van der Waals surface area contributed by atoms with E-state index in [-0.39, 0.29) is 23.9 Å². The van der Waals surface area contributed by atoms with Crippen LogP contribution in [0.5, 0.6) is 5.88 Å². The van der Waals surface area contributed by atoms with Crippen LogP contribution in [-0.4, -0.2) is 44.0 Å². The average molecular weight is 246 g/mol. The lowest BCUT2D eigenvalue weighted by molar-refractivity contribution is 0.399. The standard InChI is InChI=1S/C8H14N4O3S/c1-15-8-6(9)7(11-5-12-8)10-3-4-16(2,13)14/h5H,3-4,9H2,1-2H3,(H,10,11,12). The molecule has 1 rings (SSSR count). The number of anilines is 2. The number of aromatic nitrogens is 2. The van der Waals surface area contributed by atoms with Crippen molar-refractivity contribution in [3.8, 4) is 5.88 Å². The van der Waals surface area contributed by atoms with Crippen molar-refractivity contribution in [2.75, 3.05) is 36.7 Å². The van der Waals surface area contributed by atoms with Crippen molar-refractivity contribution in [1.29, 1.82) is 0 Å². The van der Waals surface area contributed by atoms with Gasteiger partial charge < -0.3 is 15.8 Å². The minimum absolute atomic E-state index is 0.0127. The first-order chi connectivity index (χ1) is 7.44. The van der Waals surface area contributed by atoms with Crippen LogP contribution in [0.1, 0.15) is 0 Å². The van der Waals surface area contributed by atoms with Gasteiger partial charge in [0, 0.05) is 12.8 Å². The zero-order valence-electron chi connectivity index (χ0n) is 9.10. The summed E-state index contributed by atoms with van der Waals surface area (Å²) in [5.41, 5.74) is 5.94. The molecule has 0 aliphatic heterocycles. The van der Waals surface area contributed by atoms with Gasteiger partial charge >= 0.3 is 0 Å². The van der Waals surface area contributed by atoms with E-state index in [1.165, 1.54) is 19.7 Å². The van der Waals surface area contributed by atoms with Crippen LogP contribution in [0.3, 0.4) is 0 Å². The Morgan fingerprint density at radius 2 is 2.19 bits per heavy atom. The molecule has 0 amide bonds. The van der Waals surface area contributed by atoms with E-state index >= 15 is 0 Å². The molecule has 0 radical (unpaired) electrons. The van der Waals surface area contributed by atoms with E-state index in [0.717, 1.165) is 0 Å². The van der Waals surface area contributed by atoms with Gasteiger partial charge in [0.1, 0.15) is 21.9 Å². The Hall–Kier alpha value is -1.57. The number of sulfone groups is 1. The maximum atomic E-state index is 10.9. The van der Waals surface area contributed by atoms with Gasteiger partial charge in [-0.1, -0.05) is 0 Å². The van der Waals surface area contributed by atoms with E-state index in [1.54, 1.807) is 0 Å². The zero-order chi connectivity index (χ0) is 12.2. The molecule has 0 spiro atoms. The second-order valence-corrected chi connectivity index (χ2v) is 5.46. The Morgan fingerprint density at radius 3 is 2.75 bits per heavy atom. The maximum absolute atomic E-state index is 10.9. The van der Waals surface area contributed by atoms with Gasteiger partial charge in [0.2, 0.25) is 5.88 Å². The van der Waals surface area contributed by atoms with Gasteiger partial charge in [-0.25, -0.2) is 13.4 Å². The lowest BCUT2D eigenvalue weighted by Crippen LogP contribution is -2.16. The zero-order valence-corrected chi connectivity index (χ0v) is 9.91. The summed E-state index contributed by atoms with van der Waals surface area (Å²) in [6.45, 7) is 0.239. The molecule has 0 fully saturated rings. The fraction of sp³-hybridized carbons (Fsp3) is 0.500. The molecule has 90 valence electrons. The predicted octanol–water partition coefficient (Wildman–Crippen LogP) is -0.476. The van der Waals surface area contributed by atoms with E-state index in [1.807, 2.05) is 0 Å². The second kappa shape index (κ2) is 4.97. The summed E-state index contributed by atoms with van der Waals surface area (Å²) in [4.78, 5) is 7.68. The number of nitrogens with two attached hydrogens (primary N) is 1. The summed E-state index contributed by atoms with van der Waals surface area (Å²) in [5, 5.41) is 2.81. The third kappa shape index (κ3) is 3.54. The topological polar surface area (TPSA) is 107 Å². The molecular weight excluding hydrogens is 232 g/mol. The van der Waals surface area contributed by atoms with Gasteiger partial charge in [-0.05, 0) is 0 Å². The second-order valence-electron chi connectivity index (χ2n) is 3.20. The molecule has 0 aromatic carbocycles. The van der Waals surface area contributed by atoms with E-state index in [4.69, 9.17) is 10.5 Å². The molecule has 0 bridgehead atoms. The minimum atomic E-state index is -3.00. The fourth-order valence-electron chi connectivity index (χ4n) is 1.04. The van der Waals surface area contributed by atoms with E-state index in [0.29, 0.717) is 5.82 Å². The smallest absolute Gasteiger partial charge is 0.242 e. The van der Waals surface area contributed by atoms with Gasteiger partial charge in [0.15, 0.2) is 5.82 Å². The summed E-state index contributed by atoms with van der Waals surface area (Å²) >= 11 is 0. The molecule has 0 aliphatic carbocycles. The summed E-state index contributed by atoms with van der Waals surface area (Å²) in [5.74, 6) is 0.644. The van der Waals surface area contributed by atoms with Gasteiger partial charge in [0.05, 0.1) is 12.9 Å². The number of hydrogen-bond acceptors (Lipinski definition) is 7. The largest absolute Gasteiger partial charge is 0.479 e. The van der Waals surface area contributed by atoms with Crippen LogP contribution in [0.25, 0.3) is 0 Å². The third-order valence-electron chi connectivity index (χ3n) is 1.81. The Morgan fingerprint density at radius 1 is 1.50 bits per heavy atom. The van der Waals surface area contributed by atoms with Crippen LogP contribution < -0.4 is 15.8 Å². The van der Waals surface area contributed by atoms with Gasteiger partial charge in [0.25, 0.3) is 0 Å². The van der Waals surface area contributed by atoms with Crippen molar-refractivity contribution in [3.63, 3.8) is 0 Å². The first-order valence-corrected chi connectivity index (χ1v) is 6.56. The van der Waals surface area contributed by atoms with Crippen molar-refractivity contribution in [1.82, 2.24) is 9.97 Å². The van der Waals surface area contributed by atoms with Crippen LogP contribution in [-0.2, 0) is 9.84 Å². The Balaban J connectivity index is 2.68. The third-order valence-corrected chi connectivity index (χ3v) is 2.75. The van der Waals surface area contributed by atoms with E-state index in [9.17, 15) is 8.42 Å². The van der Waals surface area contributed by atoms with Crippen molar-refractivity contribution in [2.45, 2.75) is 0 Å². The number of hydrogen-bond donors (Lipinski definition) is 2. The molecule has 0 aliphatic rings. The lowest BCUT2D eigenvalue weighted by atomic mass is 10.4. The molecule has 3 N–H and O–H groups in total. The molecule has 1 aromatic rings. The van der Waals surface area contributed by atoms with Crippen molar-refractivity contribution < 1.29 is 13.2 Å². The normalized spacial score (nSPS) is 11.1. The minimum Gasteiger partial charge on any atom is -0.479 e.